The molecule has 0 aliphatic carbocycles. The fourth-order valence-corrected chi connectivity index (χ4v) is 8.59. The molecule has 49 heavy (non-hydrogen) atoms. The Morgan fingerprint density at radius 2 is 0.694 bits per heavy atom. The number of furan rings is 1. The smallest absolute Gasteiger partial charge is 0.136 e. The first-order valence-corrected chi connectivity index (χ1v) is 16.9. The second kappa shape index (κ2) is 10.0. The second-order valence-electron chi connectivity index (χ2n) is 13.1. The van der Waals surface area contributed by atoms with Crippen LogP contribution in [0.15, 0.2) is 174 Å². The van der Waals surface area contributed by atoms with Crippen molar-refractivity contribution in [2.45, 2.75) is 0 Å². The molecule has 0 unspecified atom stereocenters. The van der Waals surface area contributed by atoms with Crippen molar-refractivity contribution in [3.8, 4) is 22.3 Å². The summed E-state index contributed by atoms with van der Waals surface area (Å²) < 4.78 is 6.28. The summed E-state index contributed by atoms with van der Waals surface area (Å²) >= 11 is 0. The molecule has 0 saturated carbocycles. The Morgan fingerprint density at radius 3 is 1.37 bits per heavy atom. The van der Waals surface area contributed by atoms with Gasteiger partial charge in [0, 0.05) is 10.8 Å². The van der Waals surface area contributed by atoms with Crippen molar-refractivity contribution >= 4 is 86.6 Å². The highest BCUT2D eigenvalue weighted by Crippen LogP contribution is 2.46. The minimum atomic E-state index is 0.917. The minimum absolute atomic E-state index is 0.917. The largest absolute Gasteiger partial charge is 0.456 e. The first-order chi connectivity index (χ1) is 24.3. The molecule has 10 aromatic carbocycles. The summed E-state index contributed by atoms with van der Waals surface area (Å²) in [6.45, 7) is 0. The van der Waals surface area contributed by atoms with Gasteiger partial charge in [-0.05, 0) is 105 Å². The van der Waals surface area contributed by atoms with Crippen molar-refractivity contribution in [1.82, 2.24) is 0 Å². The Morgan fingerprint density at radius 1 is 0.245 bits per heavy atom. The number of fused-ring (bicyclic) bond motifs is 15. The van der Waals surface area contributed by atoms with Crippen molar-refractivity contribution in [1.29, 1.82) is 0 Å². The monoisotopic (exact) mass is 620 g/mol. The van der Waals surface area contributed by atoms with Crippen LogP contribution in [0.5, 0.6) is 0 Å². The quantitative estimate of drug-likeness (QED) is 0.175. The highest BCUT2D eigenvalue weighted by atomic mass is 16.3. The SMILES string of the molecule is c1ccc2c(c1)oc1cccc(-c3cccc4c(-c5ccc6c(c5)c5ccccc5c5c7ccccc7c7ccccc7c65)cccc34)c12. The molecular formula is C48H28O. The van der Waals surface area contributed by atoms with Crippen molar-refractivity contribution in [2.24, 2.45) is 0 Å². The van der Waals surface area contributed by atoms with Crippen LogP contribution in [-0.4, -0.2) is 0 Å². The van der Waals surface area contributed by atoms with Gasteiger partial charge in [-0.15, -0.1) is 0 Å². The number of hydrogen-bond donors (Lipinski definition) is 0. The number of hydrogen-bond acceptors (Lipinski definition) is 1. The third kappa shape index (κ3) is 3.70. The van der Waals surface area contributed by atoms with E-state index in [1.54, 1.807) is 0 Å². The summed E-state index contributed by atoms with van der Waals surface area (Å²) in [5.74, 6) is 0. The van der Waals surface area contributed by atoms with E-state index in [0.29, 0.717) is 0 Å². The molecule has 0 aliphatic rings. The van der Waals surface area contributed by atoms with Gasteiger partial charge in [0.05, 0.1) is 0 Å². The van der Waals surface area contributed by atoms with E-state index in [4.69, 9.17) is 4.42 Å². The van der Waals surface area contributed by atoms with Gasteiger partial charge < -0.3 is 4.42 Å². The fourth-order valence-electron chi connectivity index (χ4n) is 8.59. The molecule has 0 atom stereocenters. The fraction of sp³-hybridized carbons (Fsp3) is 0. The molecule has 0 bridgehead atoms. The molecular weight excluding hydrogens is 593 g/mol. The van der Waals surface area contributed by atoms with Crippen LogP contribution < -0.4 is 0 Å². The van der Waals surface area contributed by atoms with Crippen molar-refractivity contribution in [2.75, 3.05) is 0 Å². The molecule has 11 rings (SSSR count). The Hall–Kier alpha value is -6.44. The lowest BCUT2D eigenvalue weighted by molar-refractivity contribution is 0.669. The van der Waals surface area contributed by atoms with Crippen LogP contribution in [0.2, 0.25) is 0 Å². The van der Waals surface area contributed by atoms with E-state index >= 15 is 0 Å². The Bertz CT molecular complexity index is 3160. The van der Waals surface area contributed by atoms with E-state index in [9.17, 15) is 0 Å². The van der Waals surface area contributed by atoms with Gasteiger partial charge in [-0.2, -0.15) is 0 Å². The average Bonchev–Trinajstić information content (AvgIpc) is 3.56. The van der Waals surface area contributed by atoms with Crippen LogP contribution in [0.3, 0.4) is 0 Å². The summed E-state index contributed by atoms with van der Waals surface area (Å²) in [6.07, 6.45) is 0. The van der Waals surface area contributed by atoms with E-state index in [1.807, 2.05) is 6.07 Å². The van der Waals surface area contributed by atoms with Gasteiger partial charge >= 0.3 is 0 Å². The average molecular weight is 621 g/mol. The van der Waals surface area contributed by atoms with Gasteiger partial charge in [0.25, 0.3) is 0 Å². The molecule has 0 saturated heterocycles. The van der Waals surface area contributed by atoms with Gasteiger partial charge in [-0.25, -0.2) is 0 Å². The maximum atomic E-state index is 6.28. The molecule has 1 aromatic heterocycles. The first-order valence-electron chi connectivity index (χ1n) is 16.9. The summed E-state index contributed by atoms with van der Waals surface area (Å²) in [5.41, 5.74) is 6.70. The number of benzene rings is 10. The third-order valence-electron chi connectivity index (χ3n) is 10.6. The Kier molecular flexibility index (Phi) is 5.45. The van der Waals surface area contributed by atoms with Gasteiger partial charge in [0.15, 0.2) is 0 Å². The Balaban J connectivity index is 1.21. The van der Waals surface area contributed by atoms with Gasteiger partial charge in [0.1, 0.15) is 11.2 Å². The highest BCUT2D eigenvalue weighted by Gasteiger charge is 2.18. The molecule has 0 spiro atoms. The van der Waals surface area contributed by atoms with Crippen molar-refractivity contribution in [3.63, 3.8) is 0 Å². The second-order valence-corrected chi connectivity index (χ2v) is 13.1. The maximum Gasteiger partial charge on any atom is 0.136 e. The summed E-state index contributed by atoms with van der Waals surface area (Å²) in [5, 5.41) is 17.8. The zero-order chi connectivity index (χ0) is 32.1. The maximum absolute atomic E-state index is 6.28. The topological polar surface area (TPSA) is 13.1 Å². The predicted octanol–water partition coefficient (Wildman–Crippen LogP) is 13.8. The lowest BCUT2D eigenvalue weighted by Gasteiger charge is -2.17. The van der Waals surface area contributed by atoms with Crippen molar-refractivity contribution in [3.05, 3.63) is 170 Å². The van der Waals surface area contributed by atoms with Crippen LogP contribution in [-0.2, 0) is 0 Å². The van der Waals surface area contributed by atoms with E-state index in [2.05, 4.69) is 164 Å². The van der Waals surface area contributed by atoms with Gasteiger partial charge in [-0.1, -0.05) is 152 Å². The van der Waals surface area contributed by atoms with Crippen LogP contribution in [0.25, 0.3) is 109 Å². The summed E-state index contributed by atoms with van der Waals surface area (Å²) in [7, 11) is 0. The molecule has 0 aliphatic heterocycles. The van der Waals surface area contributed by atoms with Crippen LogP contribution in [0, 0.1) is 0 Å². The van der Waals surface area contributed by atoms with E-state index in [-0.39, 0.29) is 0 Å². The van der Waals surface area contributed by atoms with E-state index in [1.165, 1.54) is 92.3 Å². The van der Waals surface area contributed by atoms with Gasteiger partial charge in [-0.3, -0.25) is 0 Å². The molecule has 226 valence electrons. The standard InChI is InChI=1S/C48H28O/c1-4-15-38-33(12-1)34-13-2-5-16-39(34)48-41-27-26-29(28-43(41)36-14-3-6-17-40(36)47(38)48)30-19-9-21-32-31(30)20-10-22-35(32)37-23-11-25-45-46(37)42-18-7-8-24-44(42)49-45/h1-28H. The van der Waals surface area contributed by atoms with Crippen LogP contribution >= 0.6 is 0 Å². The Labute approximate surface area is 282 Å². The van der Waals surface area contributed by atoms with Crippen LogP contribution in [0.4, 0.5) is 0 Å². The zero-order valence-corrected chi connectivity index (χ0v) is 26.6. The predicted molar refractivity (Wildman–Crippen MR) is 210 cm³/mol. The number of rotatable bonds is 2. The minimum Gasteiger partial charge on any atom is -0.456 e. The van der Waals surface area contributed by atoms with Gasteiger partial charge in [0.2, 0.25) is 0 Å². The molecule has 0 N–H and O–H groups in total. The molecule has 0 amide bonds. The number of para-hydroxylation sites is 1. The highest BCUT2D eigenvalue weighted by molar-refractivity contribution is 6.39. The molecule has 11 aromatic rings. The molecule has 0 radical (unpaired) electrons. The third-order valence-corrected chi connectivity index (χ3v) is 10.6. The lowest BCUT2D eigenvalue weighted by atomic mass is 9.86. The van der Waals surface area contributed by atoms with Crippen LogP contribution in [0.1, 0.15) is 0 Å². The first kappa shape index (κ1) is 26.6. The normalized spacial score (nSPS) is 12.1. The molecule has 1 nitrogen and oxygen atoms in total. The summed E-state index contributed by atoms with van der Waals surface area (Å²) in [6, 6.07) is 62.0. The van der Waals surface area contributed by atoms with E-state index < -0.39 is 0 Å². The lowest BCUT2D eigenvalue weighted by Crippen LogP contribution is -1.90. The zero-order valence-electron chi connectivity index (χ0n) is 26.6. The molecule has 1 heteroatoms. The summed E-state index contributed by atoms with van der Waals surface area (Å²) in [4.78, 5) is 0. The van der Waals surface area contributed by atoms with E-state index in [0.717, 1.165) is 16.6 Å². The van der Waals surface area contributed by atoms with Crippen molar-refractivity contribution < 1.29 is 4.42 Å². The molecule has 0 fully saturated rings. The molecule has 1 heterocycles.